The molecular formula is C15H13ClF2OS. The first kappa shape index (κ1) is 15.0. The van der Waals surface area contributed by atoms with Gasteiger partial charge in [-0.1, -0.05) is 18.7 Å². The van der Waals surface area contributed by atoms with Crippen molar-refractivity contribution >= 4 is 22.9 Å². The molecule has 1 aromatic carbocycles. The lowest BCUT2D eigenvalue weighted by atomic mass is 10.1. The van der Waals surface area contributed by atoms with Crippen LogP contribution in [0.1, 0.15) is 21.4 Å². The summed E-state index contributed by atoms with van der Waals surface area (Å²) in [6, 6.07) is 4.44. The second-order valence-corrected chi connectivity index (χ2v) is 5.59. The fourth-order valence-electron chi connectivity index (χ4n) is 1.82. The molecule has 5 heteroatoms. The Morgan fingerprint density at radius 1 is 1.40 bits per heavy atom. The summed E-state index contributed by atoms with van der Waals surface area (Å²) in [5.74, 6) is -2.14. The molecule has 1 unspecified atom stereocenters. The average molecular weight is 315 g/mol. The van der Waals surface area contributed by atoms with Crippen LogP contribution in [0, 0.1) is 18.6 Å². The highest BCUT2D eigenvalue weighted by molar-refractivity contribution is 7.10. The molecule has 2 aromatic rings. The van der Waals surface area contributed by atoms with Gasteiger partial charge in [-0.2, -0.15) is 4.39 Å². The van der Waals surface area contributed by atoms with E-state index in [0.717, 1.165) is 16.5 Å². The standard InChI is InChI=1S/C15H13ClF2OS/c1-3-7-19-14-10(4-5-11(17)13(14)18)12(16)15-9(2)6-8-20-15/h3-6,8,12H,1,7H2,2H3. The van der Waals surface area contributed by atoms with Crippen molar-refractivity contribution in [2.45, 2.75) is 12.3 Å². The zero-order valence-corrected chi connectivity index (χ0v) is 12.4. The molecule has 0 bridgehead atoms. The number of thiophene rings is 1. The molecule has 0 aliphatic rings. The van der Waals surface area contributed by atoms with Gasteiger partial charge in [0.25, 0.3) is 0 Å². The SMILES string of the molecule is C=CCOc1c(C(Cl)c2sccc2C)ccc(F)c1F. The van der Waals surface area contributed by atoms with Crippen LogP contribution < -0.4 is 4.74 Å². The smallest absolute Gasteiger partial charge is 0.200 e. The number of alkyl halides is 1. The van der Waals surface area contributed by atoms with Crippen LogP contribution in [-0.4, -0.2) is 6.61 Å². The second kappa shape index (κ2) is 6.37. The Bertz CT molecular complexity index is 624. The maximum Gasteiger partial charge on any atom is 0.200 e. The number of aryl methyl sites for hydroxylation is 1. The van der Waals surface area contributed by atoms with Crippen molar-refractivity contribution in [3.63, 3.8) is 0 Å². The van der Waals surface area contributed by atoms with E-state index in [-0.39, 0.29) is 12.4 Å². The van der Waals surface area contributed by atoms with Crippen molar-refractivity contribution in [3.05, 3.63) is 63.9 Å². The number of hydrogen-bond acceptors (Lipinski definition) is 2. The summed E-state index contributed by atoms with van der Waals surface area (Å²) in [6.07, 6.45) is 1.47. The molecule has 0 saturated heterocycles. The Morgan fingerprint density at radius 2 is 2.15 bits per heavy atom. The number of ether oxygens (including phenoxy) is 1. The summed E-state index contributed by atoms with van der Waals surface area (Å²) in [5.41, 5.74) is 1.42. The lowest BCUT2D eigenvalue weighted by molar-refractivity contribution is 0.329. The molecule has 2 rings (SSSR count). The van der Waals surface area contributed by atoms with Crippen molar-refractivity contribution in [1.82, 2.24) is 0 Å². The highest BCUT2D eigenvalue weighted by Crippen LogP contribution is 2.40. The normalized spacial score (nSPS) is 12.2. The fraction of sp³-hybridized carbons (Fsp3) is 0.200. The molecule has 20 heavy (non-hydrogen) atoms. The molecule has 1 heterocycles. The van der Waals surface area contributed by atoms with Crippen molar-refractivity contribution < 1.29 is 13.5 Å². The van der Waals surface area contributed by atoms with E-state index >= 15 is 0 Å². The van der Waals surface area contributed by atoms with Crippen molar-refractivity contribution in [1.29, 1.82) is 0 Å². The van der Waals surface area contributed by atoms with Crippen LogP contribution >= 0.6 is 22.9 Å². The van der Waals surface area contributed by atoms with E-state index in [2.05, 4.69) is 6.58 Å². The summed E-state index contributed by atoms with van der Waals surface area (Å²) in [4.78, 5) is 0.890. The Kier molecular flexibility index (Phi) is 4.78. The molecule has 1 nitrogen and oxygen atoms in total. The van der Waals surface area contributed by atoms with Gasteiger partial charge in [0.2, 0.25) is 5.82 Å². The lowest BCUT2D eigenvalue weighted by Gasteiger charge is -2.16. The van der Waals surface area contributed by atoms with Gasteiger partial charge in [0.1, 0.15) is 6.61 Å². The minimum Gasteiger partial charge on any atom is -0.486 e. The van der Waals surface area contributed by atoms with Crippen molar-refractivity contribution in [2.75, 3.05) is 6.61 Å². The van der Waals surface area contributed by atoms with Gasteiger partial charge in [0, 0.05) is 10.4 Å². The molecule has 106 valence electrons. The van der Waals surface area contributed by atoms with Crippen LogP contribution in [-0.2, 0) is 0 Å². The van der Waals surface area contributed by atoms with Gasteiger partial charge < -0.3 is 4.74 Å². The van der Waals surface area contributed by atoms with Crippen molar-refractivity contribution in [2.24, 2.45) is 0 Å². The van der Waals surface area contributed by atoms with Crippen LogP contribution in [0.4, 0.5) is 8.78 Å². The summed E-state index contributed by atoms with van der Waals surface area (Å²) >= 11 is 7.87. The lowest BCUT2D eigenvalue weighted by Crippen LogP contribution is -2.04. The molecule has 0 aliphatic carbocycles. The summed E-state index contributed by atoms with van der Waals surface area (Å²) in [6.45, 7) is 5.50. The minimum atomic E-state index is -1.02. The van der Waals surface area contributed by atoms with E-state index in [9.17, 15) is 8.78 Å². The molecule has 0 saturated carbocycles. The van der Waals surface area contributed by atoms with E-state index < -0.39 is 17.0 Å². The van der Waals surface area contributed by atoms with Crippen molar-refractivity contribution in [3.8, 4) is 5.75 Å². The van der Waals surface area contributed by atoms with Gasteiger partial charge in [-0.3, -0.25) is 0 Å². The highest BCUT2D eigenvalue weighted by atomic mass is 35.5. The first-order valence-electron chi connectivity index (χ1n) is 5.96. The number of halogens is 3. The molecule has 1 aromatic heterocycles. The van der Waals surface area contributed by atoms with Gasteiger partial charge in [-0.05, 0) is 30.0 Å². The summed E-state index contributed by atoms with van der Waals surface area (Å²) in [5, 5.41) is 1.33. The van der Waals surface area contributed by atoms with Crippen LogP contribution in [0.2, 0.25) is 0 Å². The Balaban J connectivity index is 2.47. The number of benzene rings is 1. The van der Waals surface area contributed by atoms with Gasteiger partial charge >= 0.3 is 0 Å². The molecule has 0 amide bonds. The average Bonchev–Trinajstić information content (AvgIpc) is 2.86. The van der Waals surface area contributed by atoms with Crippen LogP contribution in [0.3, 0.4) is 0 Å². The molecule has 0 radical (unpaired) electrons. The highest BCUT2D eigenvalue weighted by Gasteiger charge is 2.23. The molecule has 0 aliphatic heterocycles. The van der Waals surface area contributed by atoms with Gasteiger partial charge in [0.15, 0.2) is 11.6 Å². The third-order valence-corrected chi connectivity index (χ3v) is 4.50. The predicted molar refractivity (Wildman–Crippen MR) is 78.8 cm³/mol. The molecular weight excluding hydrogens is 302 g/mol. The zero-order valence-electron chi connectivity index (χ0n) is 10.8. The third-order valence-electron chi connectivity index (χ3n) is 2.83. The number of hydrogen-bond donors (Lipinski definition) is 0. The third kappa shape index (κ3) is 2.86. The van der Waals surface area contributed by atoms with Crippen LogP contribution in [0.5, 0.6) is 5.75 Å². The molecule has 0 N–H and O–H groups in total. The first-order valence-corrected chi connectivity index (χ1v) is 7.27. The molecule has 0 fully saturated rings. The van der Waals surface area contributed by atoms with E-state index in [1.54, 1.807) is 0 Å². The van der Waals surface area contributed by atoms with Crippen LogP contribution in [0.25, 0.3) is 0 Å². The molecule has 0 spiro atoms. The Labute approximate surface area is 125 Å². The van der Waals surface area contributed by atoms with E-state index in [0.29, 0.717) is 5.56 Å². The Hall–Kier alpha value is -1.39. The number of rotatable bonds is 5. The van der Waals surface area contributed by atoms with Gasteiger partial charge in [0.05, 0.1) is 5.38 Å². The predicted octanol–water partition coefficient (Wildman–Crippen LogP) is 5.23. The van der Waals surface area contributed by atoms with E-state index in [1.807, 2.05) is 18.4 Å². The summed E-state index contributed by atoms with van der Waals surface area (Å²) in [7, 11) is 0. The Morgan fingerprint density at radius 3 is 2.75 bits per heavy atom. The molecule has 1 atom stereocenters. The first-order chi connectivity index (χ1) is 9.56. The van der Waals surface area contributed by atoms with Gasteiger partial charge in [-0.15, -0.1) is 22.9 Å². The van der Waals surface area contributed by atoms with Crippen LogP contribution in [0.15, 0.2) is 36.2 Å². The maximum absolute atomic E-state index is 13.9. The van der Waals surface area contributed by atoms with E-state index in [1.165, 1.54) is 23.5 Å². The van der Waals surface area contributed by atoms with E-state index in [4.69, 9.17) is 16.3 Å². The topological polar surface area (TPSA) is 9.23 Å². The minimum absolute atomic E-state index is 0.0837. The quantitative estimate of drug-likeness (QED) is 0.542. The largest absolute Gasteiger partial charge is 0.486 e. The fourth-order valence-corrected chi connectivity index (χ4v) is 3.24. The van der Waals surface area contributed by atoms with Gasteiger partial charge in [-0.25, -0.2) is 4.39 Å². The zero-order chi connectivity index (χ0) is 14.7. The monoisotopic (exact) mass is 314 g/mol. The second-order valence-electron chi connectivity index (χ2n) is 4.21. The summed E-state index contributed by atoms with van der Waals surface area (Å²) < 4.78 is 32.5. The maximum atomic E-state index is 13.9.